The average Bonchev–Trinajstić information content (AvgIpc) is 2.78. The second kappa shape index (κ2) is 10.2. The number of nitrogens with zero attached hydrogens (tertiary/aromatic N) is 2. The zero-order chi connectivity index (χ0) is 25.1. The molecule has 188 valence electrons. The minimum absolute atomic E-state index is 0.0217. The molecule has 3 nitrogen and oxygen atoms in total. The van der Waals surface area contributed by atoms with Crippen molar-refractivity contribution < 1.29 is 31.1 Å². The lowest BCUT2D eigenvalue weighted by atomic mass is 9.82. The predicted octanol–water partition coefficient (Wildman–Crippen LogP) is 6.22. The zero-order valence-corrected chi connectivity index (χ0v) is 19.6. The van der Waals surface area contributed by atoms with Crippen LogP contribution in [0.25, 0.3) is 0 Å². The lowest BCUT2D eigenvalue weighted by molar-refractivity contribution is -0.143. The average molecular weight is 489 g/mol. The molecule has 1 fully saturated rings. The van der Waals surface area contributed by atoms with Crippen LogP contribution in [0.15, 0.2) is 42.5 Å². The molecule has 0 amide bonds. The van der Waals surface area contributed by atoms with Crippen molar-refractivity contribution in [3.63, 3.8) is 0 Å². The number of alkyl halides is 6. The summed E-state index contributed by atoms with van der Waals surface area (Å²) in [5.74, 6) is 0.545. The van der Waals surface area contributed by atoms with E-state index in [0.717, 1.165) is 43.8 Å². The summed E-state index contributed by atoms with van der Waals surface area (Å²) >= 11 is 0. The van der Waals surface area contributed by atoms with Gasteiger partial charge in [0.2, 0.25) is 0 Å². The van der Waals surface area contributed by atoms with Gasteiger partial charge in [-0.1, -0.05) is 25.1 Å². The normalized spacial score (nSPS) is 18.0. The summed E-state index contributed by atoms with van der Waals surface area (Å²) in [6, 6.07) is 9.01. The van der Waals surface area contributed by atoms with E-state index in [2.05, 4.69) is 16.7 Å². The maximum Gasteiger partial charge on any atom is 0.416 e. The SMILES string of the molecule is CCCN1CCN(C(C)(Cc2cc(C(F)(F)F)cc(C(F)(F)F)c2)c2ccccc2OC)CC1. The van der Waals surface area contributed by atoms with E-state index in [1.165, 1.54) is 7.11 Å². The molecule has 0 radical (unpaired) electrons. The van der Waals surface area contributed by atoms with Crippen LogP contribution in [0, 0.1) is 0 Å². The molecule has 9 heteroatoms. The number of ether oxygens (including phenoxy) is 1. The number of piperazine rings is 1. The molecule has 1 atom stereocenters. The Morgan fingerprint density at radius 2 is 1.41 bits per heavy atom. The maximum absolute atomic E-state index is 13.5. The number of hydrogen-bond donors (Lipinski definition) is 0. The second-order valence-corrected chi connectivity index (χ2v) is 8.89. The van der Waals surface area contributed by atoms with Crippen LogP contribution < -0.4 is 4.74 Å². The van der Waals surface area contributed by atoms with Gasteiger partial charge in [-0.25, -0.2) is 0 Å². The fourth-order valence-corrected chi connectivity index (χ4v) is 4.77. The number of methoxy groups -OCH3 is 1. The molecule has 2 aromatic rings. The largest absolute Gasteiger partial charge is 0.496 e. The number of para-hydroxylation sites is 1. The van der Waals surface area contributed by atoms with Crippen molar-refractivity contribution in [2.75, 3.05) is 39.8 Å². The van der Waals surface area contributed by atoms with E-state index in [4.69, 9.17) is 4.74 Å². The molecular formula is C25H30F6N2O. The van der Waals surface area contributed by atoms with Crippen LogP contribution in [0.3, 0.4) is 0 Å². The predicted molar refractivity (Wildman–Crippen MR) is 119 cm³/mol. The number of rotatable bonds is 7. The number of halogens is 6. The summed E-state index contributed by atoms with van der Waals surface area (Å²) in [4.78, 5) is 4.45. The summed E-state index contributed by atoms with van der Waals surface area (Å²) in [6.07, 6.45) is -8.80. The second-order valence-electron chi connectivity index (χ2n) is 8.89. The Morgan fingerprint density at radius 1 is 0.853 bits per heavy atom. The van der Waals surface area contributed by atoms with Crippen molar-refractivity contribution in [1.29, 1.82) is 0 Å². The van der Waals surface area contributed by atoms with Gasteiger partial charge in [0.1, 0.15) is 5.75 Å². The van der Waals surface area contributed by atoms with E-state index in [1.807, 2.05) is 13.0 Å². The van der Waals surface area contributed by atoms with Crippen LogP contribution in [-0.4, -0.2) is 49.6 Å². The van der Waals surface area contributed by atoms with Crippen LogP contribution in [0.2, 0.25) is 0 Å². The molecule has 2 aromatic carbocycles. The zero-order valence-electron chi connectivity index (χ0n) is 19.6. The summed E-state index contributed by atoms with van der Waals surface area (Å²) in [5.41, 5.74) is -2.77. The van der Waals surface area contributed by atoms with E-state index in [-0.39, 0.29) is 18.1 Å². The highest BCUT2D eigenvalue weighted by Crippen LogP contribution is 2.41. The van der Waals surface area contributed by atoms with Gasteiger partial charge >= 0.3 is 12.4 Å². The highest BCUT2D eigenvalue weighted by Gasteiger charge is 2.41. The van der Waals surface area contributed by atoms with Gasteiger partial charge < -0.3 is 9.64 Å². The number of hydrogen-bond acceptors (Lipinski definition) is 3. The van der Waals surface area contributed by atoms with Gasteiger partial charge in [0.15, 0.2) is 0 Å². The number of benzene rings is 2. The summed E-state index contributed by atoms with van der Waals surface area (Å²) in [7, 11) is 1.50. The Balaban J connectivity index is 2.08. The van der Waals surface area contributed by atoms with Crippen LogP contribution in [0.1, 0.15) is 42.5 Å². The smallest absolute Gasteiger partial charge is 0.416 e. The van der Waals surface area contributed by atoms with Crippen LogP contribution >= 0.6 is 0 Å². The quantitative estimate of drug-likeness (QED) is 0.431. The first-order valence-corrected chi connectivity index (χ1v) is 11.3. The van der Waals surface area contributed by atoms with Crippen molar-refractivity contribution in [2.45, 2.75) is 44.6 Å². The topological polar surface area (TPSA) is 15.7 Å². The fourth-order valence-electron chi connectivity index (χ4n) is 4.77. The molecular weight excluding hydrogens is 458 g/mol. The molecule has 0 bridgehead atoms. The molecule has 3 rings (SSSR count). The van der Waals surface area contributed by atoms with Gasteiger partial charge in [-0.05, 0) is 56.1 Å². The fraction of sp³-hybridized carbons (Fsp3) is 0.520. The minimum Gasteiger partial charge on any atom is -0.496 e. The Kier molecular flexibility index (Phi) is 7.87. The van der Waals surface area contributed by atoms with Crippen molar-refractivity contribution in [3.05, 3.63) is 64.7 Å². The summed E-state index contributed by atoms with van der Waals surface area (Å²) in [6.45, 7) is 7.73. The third-order valence-electron chi connectivity index (χ3n) is 6.49. The van der Waals surface area contributed by atoms with E-state index in [1.54, 1.807) is 18.2 Å². The van der Waals surface area contributed by atoms with E-state index < -0.39 is 29.0 Å². The molecule has 0 N–H and O–H groups in total. The van der Waals surface area contributed by atoms with Gasteiger partial charge in [0, 0.05) is 31.7 Å². The Bertz CT molecular complexity index is 934. The monoisotopic (exact) mass is 488 g/mol. The van der Waals surface area contributed by atoms with Crippen LogP contribution in [-0.2, 0) is 24.3 Å². The van der Waals surface area contributed by atoms with Crippen molar-refractivity contribution in [1.82, 2.24) is 9.80 Å². The van der Waals surface area contributed by atoms with Crippen molar-refractivity contribution >= 4 is 0 Å². The van der Waals surface area contributed by atoms with Crippen molar-refractivity contribution in [2.24, 2.45) is 0 Å². The highest BCUT2D eigenvalue weighted by molar-refractivity contribution is 5.42. The van der Waals surface area contributed by atoms with Gasteiger partial charge in [0.25, 0.3) is 0 Å². The molecule has 0 saturated carbocycles. The van der Waals surface area contributed by atoms with Gasteiger partial charge in [-0.15, -0.1) is 0 Å². The lowest BCUT2D eigenvalue weighted by Gasteiger charge is -2.47. The summed E-state index contributed by atoms with van der Waals surface area (Å²) < 4.78 is 86.4. The molecule has 1 unspecified atom stereocenters. The molecule has 0 aromatic heterocycles. The lowest BCUT2D eigenvalue weighted by Crippen LogP contribution is -2.55. The van der Waals surface area contributed by atoms with Crippen LogP contribution in [0.4, 0.5) is 26.3 Å². The molecule has 0 aliphatic carbocycles. The molecule has 1 aliphatic heterocycles. The highest BCUT2D eigenvalue weighted by atomic mass is 19.4. The summed E-state index contributed by atoms with van der Waals surface area (Å²) in [5, 5.41) is 0. The van der Waals surface area contributed by atoms with E-state index in [9.17, 15) is 26.3 Å². The molecule has 34 heavy (non-hydrogen) atoms. The van der Waals surface area contributed by atoms with Crippen LogP contribution in [0.5, 0.6) is 5.75 Å². The van der Waals surface area contributed by atoms with Gasteiger partial charge in [-0.3, -0.25) is 4.90 Å². The van der Waals surface area contributed by atoms with E-state index >= 15 is 0 Å². The standard InChI is InChI=1S/C25H30F6N2O/c1-4-9-32-10-12-33(13-11-32)23(2,21-7-5-6-8-22(21)34-3)17-18-14-19(24(26,27)28)16-20(15-18)25(29,30)31/h5-8,14-16H,4,9-13,17H2,1-3H3. The third-order valence-corrected chi connectivity index (χ3v) is 6.49. The Morgan fingerprint density at radius 3 is 1.91 bits per heavy atom. The Hall–Kier alpha value is -2.26. The Labute approximate surface area is 196 Å². The first kappa shape index (κ1) is 26.3. The molecule has 1 saturated heterocycles. The van der Waals surface area contributed by atoms with Crippen molar-refractivity contribution in [3.8, 4) is 5.75 Å². The molecule has 0 spiro atoms. The first-order valence-electron chi connectivity index (χ1n) is 11.3. The maximum atomic E-state index is 13.5. The van der Waals surface area contributed by atoms with Gasteiger partial charge in [0.05, 0.1) is 23.8 Å². The van der Waals surface area contributed by atoms with Gasteiger partial charge in [-0.2, -0.15) is 26.3 Å². The molecule has 1 heterocycles. The minimum atomic E-state index is -4.89. The van der Waals surface area contributed by atoms with E-state index in [0.29, 0.717) is 18.8 Å². The molecule has 1 aliphatic rings. The third kappa shape index (κ3) is 5.86. The first-order chi connectivity index (χ1) is 15.9.